The van der Waals surface area contributed by atoms with E-state index in [0.29, 0.717) is 6.54 Å². The predicted octanol–water partition coefficient (Wildman–Crippen LogP) is 0.564. The van der Waals surface area contributed by atoms with Gasteiger partial charge in [-0.15, -0.1) is 12.4 Å². The molecule has 0 radical (unpaired) electrons. The van der Waals surface area contributed by atoms with Crippen LogP contribution < -0.4 is 11.1 Å². The first kappa shape index (κ1) is 14.9. The first-order valence-corrected chi connectivity index (χ1v) is 4.85. The minimum Gasteiger partial charge on any atom is -0.392 e. The molecule has 0 spiro atoms. The monoisotopic (exact) mass is 244 g/mol. The Balaban J connectivity index is 0.00000225. The third-order valence-electron chi connectivity index (χ3n) is 2.05. The van der Waals surface area contributed by atoms with Gasteiger partial charge in [-0.2, -0.15) is 0 Å². The SMILES string of the molecule is CC(N)C(=O)NCc1cccc(CO)c1.Cl. The lowest BCUT2D eigenvalue weighted by Crippen LogP contribution is -2.37. The molecule has 1 unspecified atom stereocenters. The molecule has 0 aromatic heterocycles. The Kier molecular flexibility index (Phi) is 6.72. The van der Waals surface area contributed by atoms with Crippen LogP contribution in [0, 0.1) is 0 Å². The summed E-state index contributed by atoms with van der Waals surface area (Å²) in [7, 11) is 0. The summed E-state index contributed by atoms with van der Waals surface area (Å²) in [5.41, 5.74) is 7.19. The standard InChI is InChI=1S/C11H16N2O2.ClH/c1-8(12)11(15)13-6-9-3-2-4-10(5-9)7-14;/h2-5,8,14H,6-7,12H2,1H3,(H,13,15);1H. The number of aliphatic hydroxyl groups is 1. The lowest BCUT2D eigenvalue weighted by Gasteiger charge is -2.08. The molecule has 1 rings (SSSR count). The van der Waals surface area contributed by atoms with Gasteiger partial charge in [-0.3, -0.25) is 4.79 Å². The maximum Gasteiger partial charge on any atom is 0.236 e. The Morgan fingerprint density at radius 2 is 2.12 bits per heavy atom. The minimum atomic E-state index is -0.494. The molecule has 0 saturated carbocycles. The molecular weight excluding hydrogens is 228 g/mol. The van der Waals surface area contributed by atoms with Crippen LogP contribution in [-0.2, 0) is 17.9 Å². The zero-order valence-corrected chi connectivity index (χ0v) is 9.96. The van der Waals surface area contributed by atoms with Crippen LogP contribution in [-0.4, -0.2) is 17.1 Å². The molecule has 0 aliphatic heterocycles. The van der Waals surface area contributed by atoms with Gasteiger partial charge in [-0.1, -0.05) is 24.3 Å². The Morgan fingerprint density at radius 3 is 2.69 bits per heavy atom. The quantitative estimate of drug-likeness (QED) is 0.725. The molecule has 0 bridgehead atoms. The van der Waals surface area contributed by atoms with Crippen molar-refractivity contribution in [1.29, 1.82) is 0 Å². The summed E-state index contributed by atoms with van der Waals surface area (Å²) < 4.78 is 0. The van der Waals surface area contributed by atoms with Crippen LogP contribution in [0.5, 0.6) is 0 Å². The van der Waals surface area contributed by atoms with Crippen molar-refractivity contribution in [3.63, 3.8) is 0 Å². The Labute approximate surface area is 101 Å². The third-order valence-corrected chi connectivity index (χ3v) is 2.05. The number of benzene rings is 1. The number of carbonyl (C=O) groups is 1. The Hall–Kier alpha value is -1.10. The van der Waals surface area contributed by atoms with Crippen LogP contribution in [0.25, 0.3) is 0 Å². The number of amides is 1. The van der Waals surface area contributed by atoms with Crippen molar-refractivity contribution < 1.29 is 9.90 Å². The maximum absolute atomic E-state index is 11.2. The van der Waals surface area contributed by atoms with Gasteiger partial charge in [0.1, 0.15) is 0 Å². The molecule has 1 aromatic carbocycles. The number of nitrogens with one attached hydrogen (secondary N) is 1. The van der Waals surface area contributed by atoms with Gasteiger partial charge in [-0.25, -0.2) is 0 Å². The van der Waals surface area contributed by atoms with Gasteiger partial charge in [0.2, 0.25) is 5.91 Å². The minimum absolute atomic E-state index is 0. The normalized spacial score (nSPS) is 11.4. The van der Waals surface area contributed by atoms with Crippen molar-refractivity contribution in [2.24, 2.45) is 5.73 Å². The number of rotatable bonds is 4. The molecule has 0 heterocycles. The topological polar surface area (TPSA) is 75.4 Å². The smallest absolute Gasteiger partial charge is 0.236 e. The van der Waals surface area contributed by atoms with Gasteiger partial charge >= 0.3 is 0 Å². The fraction of sp³-hybridized carbons (Fsp3) is 0.364. The summed E-state index contributed by atoms with van der Waals surface area (Å²) in [5, 5.41) is 11.6. The number of hydrogen-bond donors (Lipinski definition) is 3. The lowest BCUT2D eigenvalue weighted by atomic mass is 10.1. The van der Waals surface area contributed by atoms with E-state index in [1.54, 1.807) is 6.92 Å². The predicted molar refractivity (Wildman–Crippen MR) is 65.1 cm³/mol. The number of hydrogen-bond acceptors (Lipinski definition) is 3. The highest BCUT2D eigenvalue weighted by molar-refractivity contribution is 5.85. The van der Waals surface area contributed by atoms with Crippen molar-refractivity contribution in [3.05, 3.63) is 35.4 Å². The van der Waals surface area contributed by atoms with E-state index in [1.165, 1.54) is 0 Å². The van der Waals surface area contributed by atoms with E-state index < -0.39 is 6.04 Å². The van der Waals surface area contributed by atoms with Gasteiger partial charge in [0.15, 0.2) is 0 Å². The van der Waals surface area contributed by atoms with Crippen molar-refractivity contribution in [2.45, 2.75) is 26.1 Å². The maximum atomic E-state index is 11.2. The van der Waals surface area contributed by atoms with Gasteiger partial charge in [0.05, 0.1) is 12.6 Å². The van der Waals surface area contributed by atoms with Crippen molar-refractivity contribution in [3.8, 4) is 0 Å². The molecule has 5 heteroatoms. The van der Waals surface area contributed by atoms with Crippen molar-refractivity contribution in [2.75, 3.05) is 0 Å². The Bertz CT molecular complexity index is 343. The van der Waals surface area contributed by atoms with Crippen LogP contribution in [0.1, 0.15) is 18.1 Å². The summed E-state index contributed by atoms with van der Waals surface area (Å²) in [5.74, 6) is -0.176. The second kappa shape index (κ2) is 7.22. The average molecular weight is 245 g/mol. The van der Waals surface area contributed by atoms with Crippen LogP contribution >= 0.6 is 12.4 Å². The average Bonchev–Trinajstić information content (AvgIpc) is 2.26. The van der Waals surface area contributed by atoms with E-state index in [2.05, 4.69) is 5.32 Å². The molecular formula is C11H17ClN2O2. The van der Waals surface area contributed by atoms with Crippen LogP contribution in [0.3, 0.4) is 0 Å². The van der Waals surface area contributed by atoms with E-state index in [4.69, 9.17) is 10.8 Å². The lowest BCUT2D eigenvalue weighted by molar-refractivity contribution is -0.122. The van der Waals surface area contributed by atoms with E-state index in [-0.39, 0.29) is 24.9 Å². The molecule has 90 valence electrons. The largest absolute Gasteiger partial charge is 0.392 e. The highest BCUT2D eigenvalue weighted by atomic mass is 35.5. The summed E-state index contributed by atoms with van der Waals surface area (Å²) in [6, 6.07) is 6.92. The number of halogens is 1. The fourth-order valence-electron chi connectivity index (χ4n) is 1.19. The Morgan fingerprint density at radius 1 is 1.50 bits per heavy atom. The van der Waals surface area contributed by atoms with Crippen LogP contribution in [0.15, 0.2) is 24.3 Å². The summed E-state index contributed by atoms with van der Waals surface area (Å²) in [6.07, 6.45) is 0. The zero-order chi connectivity index (χ0) is 11.3. The van der Waals surface area contributed by atoms with Gasteiger partial charge < -0.3 is 16.2 Å². The molecule has 1 atom stereocenters. The van der Waals surface area contributed by atoms with Crippen LogP contribution in [0.4, 0.5) is 0 Å². The molecule has 0 fully saturated rings. The van der Waals surface area contributed by atoms with E-state index in [0.717, 1.165) is 11.1 Å². The summed E-state index contributed by atoms with van der Waals surface area (Å²) in [4.78, 5) is 11.2. The van der Waals surface area contributed by atoms with Gasteiger partial charge in [0.25, 0.3) is 0 Å². The highest BCUT2D eigenvalue weighted by Crippen LogP contribution is 2.04. The molecule has 0 saturated heterocycles. The van der Waals surface area contributed by atoms with Crippen molar-refractivity contribution >= 4 is 18.3 Å². The second-order valence-electron chi connectivity index (χ2n) is 3.48. The molecule has 16 heavy (non-hydrogen) atoms. The molecule has 0 aliphatic rings. The zero-order valence-electron chi connectivity index (χ0n) is 9.14. The van der Waals surface area contributed by atoms with E-state index in [9.17, 15) is 4.79 Å². The first-order valence-electron chi connectivity index (χ1n) is 4.85. The highest BCUT2D eigenvalue weighted by Gasteiger charge is 2.05. The first-order chi connectivity index (χ1) is 7.13. The second-order valence-corrected chi connectivity index (χ2v) is 3.48. The van der Waals surface area contributed by atoms with E-state index in [1.807, 2.05) is 24.3 Å². The summed E-state index contributed by atoms with van der Waals surface area (Å²) in [6.45, 7) is 2.09. The van der Waals surface area contributed by atoms with Gasteiger partial charge in [0, 0.05) is 6.54 Å². The fourth-order valence-corrected chi connectivity index (χ4v) is 1.19. The van der Waals surface area contributed by atoms with Crippen LogP contribution in [0.2, 0.25) is 0 Å². The number of aliphatic hydroxyl groups excluding tert-OH is 1. The number of carbonyl (C=O) groups excluding carboxylic acids is 1. The molecule has 1 aromatic rings. The van der Waals surface area contributed by atoms with Crippen molar-refractivity contribution in [1.82, 2.24) is 5.32 Å². The van der Waals surface area contributed by atoms with Gasteiger partial charge in [-0.05, 0) is 18.1 Å². The number of nitrogens with two attached hydrogens (primary N) is 1. The van der Waals surface area contributed by atoms with E-state index >= 15 is 0 Å². The molecule has 0 aliphatic carbocycles. The molecule has 4 N–H and O–H groups in total. The summed E-state index contributed by atoms with van der Waals surface area (Å²) >= 11 is 0. The molecule has 4 nitrogen and oxygen atoms in total. The third kappa shape index (κ3) is 4.61. The molecule has 1 amide bonds.